The Morgan fingerprint density at radius 3 is 2.66 bits per heavy atom. The lowest BCUT2D eigenvalue weighted by atomic mass is 9.77. The zero-order valence-electron chi connectivity index (χ0n) is 17.6. The Morgan fingerprint density at radius 1 is 1.19 bits per heavy atom. The Labute approximate surface area is 193 Å². The lowest BCUT2D eigenvalue weighted by molar-refractivity contribution is 0.143. The Morgan fingerprint density at radius 2 is 2.00 bits per heavy atom. The fourth-order valence-corrected chi connectivity index (χ4v) is 8.07. The van der Waals surface area contributed by atoms with Gasteiger partial charge < -0.3 is 15.3 Å². The molecule has 3 saturated carbocycles. The molecule has 168 valence electrons. The number of hydrogen-bond acceptors (Lipinski definition) is 8. The molecule has 0 aromatic carbocycles. The maximum atomic E-state index is 13.0. The summed E-state index contributed by atoms with van der Waals surface area (Å²) in [6.07, 6.45) is 9.29. The summed E-state index contributed by atoms with van der Waals surface area (Å²) in [5, 5.41) is 14.3. The van der Waals surface area contributed by atoms with Gasteiger partial charge in [-0.05, 0) is 44.4 Å². The number of nitrogens with one attached hydrogen (secondary N) is 1. The number of nitrogens with zero attached hydrogens (tertiary/aromatic N) is 5. The minimum absolute atomic E-state index is 0.0672. The summed E-state index contributed by atoms with van der Waals surface area (Å²) in [5.41, 5.74) is 0.630. The fourth-order valence-electron chi connectivity index (χ4n) is 6.17. The maximum Gasteiger partial charge on any atom is 0.227 e. The monoisotopic (exact) mass is 472 g/mol. The van der Waals surface area contributed by atoms with Gasteiger partial charge >= 0.3 is 0 Å². The first kappa shape index (κ1) is 19.6. The standard InChI is InChI=1S/C22H25ClN6O2S/c23-12-7-24-19(25-8-12)14-5-13-4-11(14)9-29(13)21-26-17-15-6-16(15)32(31)18(17)20(27-21)28-22(10-30)2-1-3-22/h7-8,11,13-16,30H,1-6,9-10H2,(H,26,27,28)/t11?,13?,14?,15?,16?,32-/m0/s1. The van der Waals surface area contributed by atoms with Crippen LogP contribution in [-0.4, -0.2) is 59.2 Å². The van der Waals surface area contributed by atoms with Gasteiger partial charge in [0.25, 0.3) is 0 Å². The number of fused-ring (bicyclic) bond motifs is 5. The highest BCUT2D eigenvalue weighted by molar-refractivity contribution is 7.86. The molecule has 2 bridgehead atoms. The van der Waals surface area contributed by atoms with E-state index in [0.717, 1.165) is 67.4 Å². The van der Waals surface area contributed by atoms with Crippen LogP contribution in [0, 0.1) is 5.92 Å². The highest BCUT2D eigenvalue weighted by Crippen LogP contribution is 2.56. The second-order valence-corrected chi connectivity index (χ2v) is 12.1. The van der Waals surface area contributed by atoms with Gasteiger partial charge in [0, 0.05) is 42.1 Å². The van der Waals surface area contributed by atoms with Crippen molar-refractivity contribution >= 4 is 34.2 Å². The zero-order valence-corrected chi connectivity index (χ0v) is 19.1. The van der Waals surface area contributed by atoms with E-state index in [9.17, 15) is 9.32 Å². The molecule has 0 amide bonds. The molecule has 0 spiro atoms. The minimum atomic E-state index is -1.05. The summed E-state index contributed by atoms with van der Waals surface area (Å²) in [5.74, 6) is 3.41. The van der Waals surface area contributed by atoms with Crippen molar-refractivity contribution in [2.75, 3.05) is 23.4 Å². The van der Waals surface area contributed by atoms with Crippen LogP contribution in [-0.2, 0) is 10.8 Å². The van der Waals surface area contributed by atoms with Crippen LogP contribution >= 0.6 is 11.6 Å². The Hall–Kier alpha value is -1.84. The third kappa shape index (κ3) is 2.80. The molecule has 5 aliphatic rings. The van der Waals surface area contributed by atoms with Crippen molar-refractivity contribution < 1.29 is 9.32 Å². The first-order valence-corrected chi connectivity index (χ1v) is 13.1. The van der Waals surface area contributed by atoms with Gasteiger partial charge in [-0.15, -0.1) is 0 Å². The number of rotatable bonds is 5. The number of hydrogen-bond donors (Lipinski definition) is 2. The first-order valence-electron chi connectivity index (χ1n) is 11.5. The number of piperidine rings is 1. The van der Waals surface area contributed by atoms with Crippen LogP contribution in [0.2, 0.25) is 5.02 Å². The normalized spacial score (nSPS) is 35.4. The van der Waals surface area contributed by atoms with E-state index < -0.39 is 10.8 Å². The topological polar surface area (TPSA) is 104 Å². The van der Waals surface area contributed by atoms with E-state index in [1.807, 2.05) is 0 Å². The summed E-state index contributed by atoms with van der Waals surface area (Å²) < 4.78 is 13.0. The minimum Gasteiger partial charge on any atom is -0.394 e. The molecule has 3 aliphatic carbocycles. The highest BCUT2D eigenvalue weighted by Gasteiger charge is 2.55. The van der Waals surface area contributed by atoms with Crippen molar-refractivity contribution in [1.29, 1.82) is 0 Å². The van der Waals surface area contributed by atoms with Gasteiger partial charge in [0.15, 0.2) is 0 Å². The number of anilines is 2. The van der Waals surface area contributed by atoms with Crippen molar-refractivity contribution in [1.82, 2.24) is 19.9 Å². The molecule has 2 aromatic heterocycles. The van der Waals surface area contributed by atoms with Crippen LogP contribution in [0.5, 0.6) is 0 Å². The van der Waals surface area contributed by atoms with Gasteiger partial charge in [0.1, 0.15) is 16.5 Å². The third-order valence-corrected chi connectivity index (χ3v) is 10.3. The van der Waals surface area contributed by atoms with Gasteiger partial charge in [-0.1, -0.05) is 11.6 Å². The first-order chi connectivity index (χ1) is 15.5. The Kier molecular flexibility index (Phi) is 4.19. The SMILES string of the molecule is O=[S@@]1c2c(NC3(CO)CCC3)nc(N3CC4CC3CC4c3ncc(Cl)cn3)nc2C2CC21. The molecule has 4 heterocycles. The van der Waals surface area contributed by atoms with Crippen molar-refractivity contribution in [3.05, 3.63) is 28.9 Å². The van der Waals surface area contributed by atoms with E-state index in [1.165, 1.54) is 0 Å². The van der Waals surface area contributed by atoms with E-state index in [-0.39, 0.29) is 17.4 Å². The second-order valence-electron chi connectivity index (χ2n) is 10.1. The number of halogens is 1. The van der Waals surface area contributed by atoms with Crippen molar-refractivity contribution in [2.24, 2.45) is 5.92 Å². The van der Waals surface area contributed by atoms with Crippen molar-refractivity contribution in [3.63, 3.8) is 0 Å². The molecule has 8 nitrogen and oxygen atoms in total. The molecule has 2 aliphatic heterocycles. The number of aromatic nitrogens is 4. The summed E-state index contributed by atoms with van der Waals surface area (Å²) in [7, 11) is -1.05. The van der Waals surface area contributed by atoms with Crippen LogP contribution in [0.4, 0.5) is 11.8 Å². The van der Waals surface area contributed by atoms with Crippen LogP contribution in [0.15, 0.2) is 17.3 Å². The molecule has 10 heteroatoms. The molecule has 1 saturated heterocycles. The Bertz CT molecular complexity index is 1120. The third-order valence-electron chi connectivity index (χ3n) is 8.21. The number of aliphatic hydroxyl groups excluding tert-OH is 1. The van der Waals surface area contributed by atoms with Crippen molar-refractivity contribution in [2.45, 2.75) is 72.1 Å². The molecular formula is C22H25ClN6O2S. The molecule has 4 fully saturated rings. The van der Waals surface area contributed by atoms with Gasteiger partial charge in [0.05, 0.1) is 33.7 Å². The van der Waals surface area contributed by atoms with Gasteiger partial charge in [-0.3, -0.25) is 4.21 Å². The predicted octanol–water partition coefficient (Wildman–Crippen LogP) is 2.61. The molecule has 2 aromatic rings. The summed E-state index contributed by atoms with van der Waals surface area (Å²) in [6, 6.07) is 0.354. The van der Waals surface area contributed by atoms with E-state index in [0.29, 0.717) is 34.6 Å². The molecule has 6 atom stereocenters. The van der Waals surface area contributed by atoms with E-state index in [1.54, 1.807) is 12.4 Å². The zero-order chi connectivity index (χ0) is 21.6. The fraction of sp³-hybridized carbons (Fsp3) is 0.636. The summed E-state index contributed by atoms with van der Waals surface area (Å²) >= 11 is 5.97. The summed E-state index contributed by atoms with van der Waals surface area (Å²) in [4.78, 5) is 21.9. The van der Waals surface area contributed by atoms with Gasteiger partial charge in [-0.2, -0.15) is 4.98 Å². The van der Waals surface area contributed by atoms with E-state index in [2.05, 4.69) is 20.2 Å². The van der Waals surface area contributed by atoms with Crippen LogP contribution in [0.3, 0.4) is 0 Å². The van der Waals surface area contributed by atoms with Crippen molar-refractivity contribution in [3.8, 4) is 0 Å². The lowest BCUT2D eigenvalue weighted by Gasteiger charge is -2.42. The molecular weight excluding hydrogens is 448 g/mol. The average Bonchev–Trinajstić information content (AvgIpc) is 3.19. The predicted molar refractivity (Wildman–Crippen MR) is 121 cm³/mol. The van der Waals surface area contributed by atoms with Crippen LogP contribution in [0.1, 0.15) is 61.9 Å². The van der Waals surface area contributed by atoms with Crippen LogP contribution in [0.25, 0.3) is 0 Å². The lowest BCUT2D eigenvalue weighted by Crippen LogP contribution is -2.49. The average molecular weight is 473 g/mol. The molecule has 0 radical (unpaired) electrons. The number of aliphatic hydroxyl groups is 1. The second kappa shape index (κ2) is 6.84. The van der Waals surface area contributed by atoms with Gasteiger partial charge in [-0.25, -0.2) is 15.0 Å². The molecule has 2 N–H and O–H groups in total. The van der Waals surface area contributed by atoms with Crippen LogP contribution < -0.4 is 10.2 Å². The Balaban J connectivity index is 1.20. The van der Waals surface area contributed by atoms with E-state index in [4.69, 9.17) is 21.6 Å². The molecule has 5 unspecified atom stereocenters. The maximum absolute atomic E-state index is 13.0. The van der Waals surface area contributed by atoms with Gasteiger partial charge in [0.2, 0.25) is 5.95 Å². The highest BCUT2D eigenvalue weighted by atomic mass is 35.5. The van der Waals surface area contributed by atoms with E-state index >= 15 is 0 Å². The largest absolute Gasteiger partial charge is 0.394 e. The molecule has 32 heavy (non-hydrogen) atoms. The quantitative estimate of drug-likeness (QED) is 0.684. The molecule has 7 rings (SSSR count). The smallest absolute Gasteiger partial charge is 0.227 e. The summed E-state index contributed by atoms with van der Waals surface area (Å²) in [6.45, 7) is 0.944.